The standard InChI is InChI=1S/C14H29N3O2/c1-3-5-7-9-11-17(12-10-8-6-4-2)14(19)16-13(15)18/h3-12H2,1-2H3,(H3,15,16,18,19). The van der Waals surface area contributed by atoms with Gasteiger partial charge in [0, 0.05) is 13.1 Å². The van der Waals surface area contributed by atoms with E-state index in [9.17, 15) is 9.59 Å². The first-order valence-corrected chi connectivity index (χ1v) is 7.47. The van der Waals surface area contributed by atoms with Crippen molar-refractivity contribution in [1.29, 1.82) is 0 Å². The molecule has 5 heteroatoms. The normalized spacial score (nSPS) is 10.2. The zero-order valence-corrected chi connectivity index (χ0v) is 12.4. The van der Waals surface area contributed by atoms with E-state index in [-0.39, 0.29) is 6.03 Å². The molecule has 112 valence electrons. The Kier molecular flexibility index (Phi) is 11.0. The van der Waals surface area contributed by atoms with Crippen molar-refractivity contribution in [3.63, 3.8) is 0 Å². The van der Waals surface area contributed by atoms with Gasteiger partial charge in [0.15, 0.2) is 0 Å². The fraction of sp³-hybridized carbons (Fsp3) is 0.857. The van der Waals surface area contributed by atoms with Gasteiger partial charge in [0.05, 0.1) is 0 Å². The van der Waals surface area contributed by atoms with E-state index in [1.807, 2.05) is 0 Å². The molecule has 0 aliphatic heterocycles. The Morgan fingerprint density at radius 2 is 1.37 bits per heavy atom. The Morgan fingerprint density at radius 1 is 0.895 bits per heavy atom. The fourth-order valence-electron chi connectivity index (χ4n) is 1.96. The third-order valence-electron chi connectivity index (χ3n) is 3.08. The van der Waals surface area contributed by atoms with Gasteiger partial charge in [0.25, 0.3) is 0 Å². The van der Waals surface area contributed by atoms with Crippen LogP contribution in [-0.4, -0.2) is 30.1 Å². The smallest absolute Gasteiger partial charge is 0.325 e. The molecule has 3 N–H and O–H groups in total. The predicted octanol–water partition coefficient (Wildman–Crippen LogP) is 3.24. The molecule has 0 aromatic heterocycles. The molecule has 0 heterocycles. The number of nitrogens with two attached hydrogens (primary N) is 1. The minimum Gasteiger partial charge on any atom is -0.351 e. The van der Waals surface area contributed by atoms with Crippen LogP contribution in [0.15, 0.2) is 0 Å². The number of rotatable bonds is 10. The van der Waals surface area contributed by atoms with Gasteiger partial charge in [-0.1, -0.05) is 52.4 Å². The van der Waals surface area contributed by atoms with E-state index in [4.69, 9.17) is 5.73 Å². The van der Waals surface area contributed by atoms with Crippen molar-refractivity contribution in [2.24, 2.45) is 5.73 Å². The summed E-state index contributed by atoms with van der Waals surface area (Å²) in [5.41, 5.74) is 4.99. The number of hydrogen-bond donors (Lipinski definition) is 2. The van der Waals surface area contributed by atoms with E-state index in [0.29, 0.717) is 13.1 Å². The highest BCUT2D eigenvalue weighted by Crippen LogP contribution is 2.05. The van der Waals surface area contributed by atoms with Crippen LogP contribution >= 0.6 is 0 Å². The minimum atomic E-state index is -0.780. The summed E-state index contributed by atoms with van der Waals surface area (Å²) in [4.78, 5) is 24.2. The molecule has 0 atom stereocenters. The Hall–Kier alpha value is -1.26. The molecule has 0 aliphatic rings. The quantitative estimate of drug-likeness (QED) is 0.598. The van der Waals surface area contributed by atoms with Gasteiger partial charge in [-0.3, -0.25) is 5.32 Å². The molecular formula is C14H29N3O2. The number of nitrogens with one attached hydrogen (secondary N) is 1. The van der Waals surface area contributed by atoms with E-state index in [2.05, 4.69) is 19.2 Å². The maximum Gasteiger partial charge on any atom is 0.325 e. The monoisotopic (exact) mass is 271 g/mol. The number of amides is 4. The lowest BCUT2D eigenvalue weighted by molar-refractivity contribution is 0.194. The summed E-state index contributed by atoms with van der Waals surface area (Å²) in [6.45, 7) is 5.71. The van der Waals surface area contributed by atoms with E-state index >= 15 is 0 Å². The molecule has 0 saturated carbocycles. The first kappa shape index (κ1) is 17.7. The number of primary amides is 1. The van der Waals surface area contributed by atoms with Gasteiger partial charge in [0.2, 0.25) is 0 Å². The molecule has 0 spiro atoms. The Balaban J connectivity index is 4.05. The molecule has 0 aromatic rings. The van der Waals surface area contributed by atoms with Crippen molar-refractivity contribution < 1.29 is 9.59 Å². The maximum atomic E-state index is 11.8. The number of carbonyl (C=O) groups is 2. The first-order valence-electron chi connectivity index (χ1n) is 7.47. The highest BCUT2D eigenvalue weighted by atomic mass is 16.2. The number of nitrogens with zero attached hydrogens (tertiary/aromatic N) is 1. The summed E-state index contributed by atoms with van der Waals surface area (Å²) in [5, 5.41) is 2.15. The molecule has 0 aliphatic carbocycles. The number of carbonyl (C=O) groups excluding carboxylic acids is 2. The van der Waals surface area contributed by atoms with Crippen molar-refractivity contribution >= 4 is 12.1 Å². The number of hydrogen-bond acceptors (Lipinski definition) is 2. The molecule has 0 fully saturated rings. The average molecular weight is 271 g/mol. The average Bonchev–Trinajstić information content (AvgIpc) is 2.36. The van der Waals surface area contributed by atoms with Gasteiger partial charge in [0.1, 0.15) is 0 Å². The summed E-state index contributed by atoms with van der Waals surface area (Å²) in [6.07, 6.45) is 8.90. The van der Waals surface area contributed by atoms with Gasteiger partial charge < -0.3 is 10.6 Å². The van der Waals surface area contributed by atoms with E-state index < -0.39 is 6.03 Å². The Morgan fingerprint density at radius 3 is 1.74 bits per heavy atom. The van der Waals surface area contributed by atoms with Crippen LogP contribution in [0.3, 0.4) is 0 Å². The van der Waals surface area contributed by atoms with E-state index in [0.717, 1.165) is 25.7 Å². The molecule has 5 nitrogen and oxygen atoms in total. The van der Waals surface area contributed by atoms with Crippen LogP contribution in [0.5, 0.6) is 0 Å². The highest BCUT2D eigenvalue weighted by Gasteiger charge is 2.13. The van der Waals surface area contributed by atoms with Crippen LogP contribution in [0, 0.1) is 0 Å². The lowest BCUT2D eigenvalue weighted by Gasteiger charge is -2.22. The summed E-state index contributed by atoms with van der Waals surface area (Å²) in [6, 6.07) is -1.14. The largest absolute Gasteiger partial charge is 0.351 e. The van der Waals surface area contributed by atoms with Crippen LogP contribution in [0.1, 0.15) is 65.2 Å². The van der Waals surface area contributed by atoms with Gasteiger partial charge in [-0.2, -0.15) is 0 Å². The van der Waals surface area contributed by atoms with Crippen LogP contribution < -0.4 is 11.1 Å². The zero-order valence-electron chi connectivity index (χ0n) is 12.4. The van der Waals surface area contributed by atoms with Crippen molar-refractivity contribution in [2.75, 3.05) is 13.1 Å². The van der Waals surface area contributed by atoms with Gasteiger partial charge >= 0.3 is 12.1 Å². The van der Waals surface area contributed by atoms with Gasteiger partial charge in [-0.15, -0.1) is 0 Å². The van der Waals surface area contributed by atoms with Crippen LogP contribution in [0.25, 0.3) is 0 Å². The van der Waals surface area contributed by atoms with E-state index in [1.54, 1.807) is 4.90 Å². The third kappa shape index (κ3) is 10.4. The molecular weight excluding hydrogens is 242 g/mol. The van der Waals surface area contributed by atoms with Crippen LogP contribution in [0.4, 0.5) is 9.59 Å². The molecule has 19 heavy (non-hydrogen) atoms. The SMILES string of the molecule is CCCCCCN(CCCCCC)C(=O)NC(N)=O. The Labute approximate surface area is 116 Å². The van der Waals surface area contributed by atoms with Gasteiger partial charge in [-0.25, -0.2) is 9.59 Å². The molecule has 4 amide bonds. The van der Waals surface area contributed by atoms with Crippen LogP contribution in [0.2, 0.25) is 0 Å². The fourth-order valence-corrected chi connectivity index (χ4v) is 1.96. The summed E-state index contributed by atoms with van der Waals surface area (Å²) in [5.74, 6) is 0. The highest BCUT2D eigenvalue weighted by molar-refractivity contribution is 5.92. The third-order valence-corrected chi connectivity index (χ3v) is 3.08. The topological polar surface area (TPSA) is 75.4 Å². The molecule has 0 unspecified atom stereocenters. The molecule has 0 aromatic carbocycles. The summed E-state index contributed by atoms with van der Waals surface area (Å²) < 4.78 is 0. The molecule has 0 saturated heterocycles. The number of unbranched alkanes of at least 4 members (excludes halogenated alkanes) is 6. The maximum absolute atomic E-state index is 11.8. The number of urea groups is 2. The number of imide groups is 1. The lowest BCUT2D eigenvalue weighted by atomic mass is 10.2. The second-order valence-electron chi connectivity index (χ2n) is 4.90. The van der Waals surface area contributed by atoms with Crippen molar-refractivity contribution in [3.8, 4) is 0 Å². The second kappa shape index (κ2) is 11.8. The van der Waals surface area contributed by atoms with E-state index in [1.165, 1.54) is 25.7 Å². The second-order valence-corrected chi connectivity index (χ2v) is 4.90. The van der Waals surface area contributed by atoms with Crippen molar-refractivity contribution in [1.82, 2.24) is 10.2 Å². The molecule has 0 rings (SSSR count). The minimum absolute atomic E-state index is 0.361. The summed E-state index contributed by atoms with van der Waals surface area (Å²) in [7, 11) is 0. The predicted molar refractivity (Wildman–Crippen MR) is 78.0 cm³/mol. The summed E-state index contributed by atoms with van der Waals surface area (Å²) >= 11 is 0. The van der Waals surface area contributed by atoms with Gasteiger partial charge in [-0.05, 0) is 12.8 Å². The lowest BCUT2D eigenvalue weighted by Crippen LogP contribution is -2.45. The zero-order chi connectivity index (χ0) is 14.5. The molecule has 0 radical (unpaired) electrons. The van der Waals surface area contributed by atoms with Crippen molar-refractivity contribution in [3.05, 3.63) is 0 Å². The Bertz CT molecular complexity index is 245. The van der Waals surface area contributed by atoms with Crippen molar-refractivity contribution in [2.45, 2.75) is 65.2 Å². The van der Waals surface area contributed by atoms with Crippen LogP contribution in [-0.2, 0) is 0 Å². The molecule has 0 bridgehead atoms. The first-order chi connectivity index (χ1) is 9.11.